The predicted octanol–water partition coefficient (Wildman–Crippen LogP) is 2.79. The number of aryl methyl sites for hydroxylation is 1. The lowest BCUT2D eigenvalue weighted by Crippen LogP contribution is -2.08. The van der Waals surface area contributed by atoms with E-state index in [2.05, 4.69) is 30.8 Å². The standard InChI is InChI=1S/C16H14ClN7O/c1-10-20-21-14-7-6-13(22-24(10)14)18-9-8-15-19-16(23-25-15)11-2-4-12(17)5-3-11/h2-7H,8-9H2,1H3,(H,18,22). The number of hydrogen-bond donors (Lipinski definition) is 1. The summed E-state index contributed by atoms with van der Waals surface area (Å²) in [5.41, 5.74) is 1.58. The molecule has 3 aromatic heterocycles. The molecule has 0 aliphatic rings. The highest BCUT2D eigenvalue weighted by atomic mass is 35.5. The van der Waals surface area contributed by atoms with Gasteiger partial charge in [-0.15, -0.1) is 15.3 Å². The summed E-state index contributed by atoms with van der Waals surface area (Å²) < 4.78 is 6.97. The molecule has 25 heavy (non-hydrogen) atoms. The normalized spacial score (nSPS) is 11.1. The number of benzene rings is 1. The van der Waals surface area contributed by atoms with Gasteiger partial charge in [0.1, 0.15) is 5.82 Å². The zero-order valence-corrected chi connectivity index (χ0v) is 14.1. The molecule has 0 radical (unpaired) electrons. The van der Waals surface area contributed by atoms with Crippen molar-refractivity contribution in [3.05, 3.63) is 53.1 Å². The number of hydrogen-bond acceptors (Lipinski definition) is 7. The first-order valence-electron chi connectivity index (χ1n) is 7.70. The smallest absolute Gasteiger partial charge is 0.228 e. The Morgan fingerprint density at radius 3 is 2.80 bits per heavy atom. The van der Waals surface area contributed by atoms with Crippen molar-refractivity contribution < 1.29 is 4.52 Å². The van der Waals surface area contributed by atoms with Crippen molar-refractivity contribution in [3.63, 3.8) is 0 Å². The molecule has 126 valence electrons. The first-order chi connectivity index (χ1) is 12.2. The van der Waals surface area contributed by atoms with E-state index in [0.717, 1.165) is 17.2 Å². The molecule has 1 aromatic carbocycles. The molecule has 0 saturated heterocycles. The van der Waals surface area contributed by atoms with Gasteiger partial charge in [-0.1, -0.05) is 16.8 Å². The van der Waals surface area contributed by atoms with Crippen LogP contribution in [-0.2, 0) is 6.42 Å². The van der Waals surface area contributed by atoms with Crippen LogP contribution in [0.25, 0.3) is 17.0 Å². The summed E-state index contributed by atoms with van der Waals surface area (Å²) in [5, 5.41) is 20.3. The fourth-order valence-corrected chi connectivity index (χ4v) is 2.49. The van der Waals surface area contributed by atoms with Crippen LogP contribution in [0.4, 0.5) is 5.82 Å². The minimum absolute atomic E-state index is 0.548. The van der Waals surface area contributed by atoms with Crippen LogP contribution in [0, 0.1) is 6.92 Å². The van der Waals surface area contributed by atoms with Crippen LogP contribution < -0.4 is 5.32 Å². The van der Waals surface area contributed by atoms with Gasteiger partial charge in [0, 0.05) is 23.6 Å². The van der Waals surface area contributed by atoms with E-state index in [9.17, 15) is 0 Å². The van der Waals surface area contributed by atoms with Crippen molar-refractivity contribution in [3.8, 4) is 11.4 Å². The highest BCUT2D eigenvalue weighted by molar-refractivity contribution is 6.30. The van der Waals surface area contributed by atoms with Crippen molar-refractivity contribution >= 4 is 23.1 Å². The Balaban J connectivity index is 1.39. The lowest BCUT2D eigenvalue weighted by atomic mass is 10.2. The number of nitrogens with one attached hydrogen (secondary N) is 1. The number of anilines is 1. The van der Waals surface area contributed by atoms with E-state index >= 15 is 0 Å². The average Bonchev–Trinajstić information content (AvgIpc) is 3.23. The molecule has 0 saturated carbocycles. The molecular formula is C16H14ClN7O. The maximum Gasteiger partial charge on any atom is 0.228 e. The molecule has 3 heterocycles. The zero-order chi connectivity index (χ0) is 17.2. The second-order valence-electron chi connectivity index (χ2n) is 5.43. The molecule has 0 fully saturated rings. The molecule has 4 rings (SSSR count). The van der Waals surface area contributed by atoms with E-state index in [1.54, 1.807) is 16.6 Å². The molecule has 0 bridgehead atoms. The Morgan fingerprint density at radius 1 is 1.12 bits per heavy atom. The minimum Gasteiger partial charge on any atom is -0.368 e. The van der Waals surface area contributed by atoms with Crippen LogP contribution in [0.1, 0.15) is 11.7 Å². The van der Waals surface area contributed by atoms with Crippen LogP contribution in [-0.4, -0.2) is 36.5 Å². The van der Waals surface area contributed by atoms with E-state index in [0.29, 0.717) is 35.4 Å². The Hall–Kier alpha value is -3.00. The third-order valence-electron chi connectivity index (χ3n) is 3.63. The van der Waals surface area contributed by atoms with Gasteiger partial charge in [0.25, 0.3) is 0 Å². The maximum absolute atomic E-state index is 5.88. The summed E-state index contributed by atoms with van der Waals surface area (Å²) in [7, 11) is 0. The third-order valence-corrected chi connectivity index (χ3v) is 3.89. The number of halogens is 1. The Morgan fingerprint density at radius 2 is 1.96 bits per heavy atom. The number of aromatic nitrogens is 6. The maximum atomic E-state index is 5.88. The van der Waals surface area contributed by atoms with E-state index in [-0.39, 0.29) is 0 Å². The number of fused-ring (bicyclic) bond motifs is 1. The average molecular weight is 356 g/mol. The molecular weight excluding hydrogens is 342 g/mol. The molecule has 0 spiro atoms. The van der Waals surface area contributed by atoms with Crippen LogP contribution in [0.15, 0.2) is 40.9 Å². The molecule has 0 amide bonds. The van der Waals surface area contributed by atoms with Gasteiger partial charge in [-0.3, -0.25) is 0 Å². The summed E-state index contributed by atoms with van der Waals surface area (Å²) in [5.74, 6) is 2.57. The third kappa shape index (κ3) is 3.29. The van der Waals surface area contributed by atoms with E-state index < -0.39 is 0 Å². The number of nitrogens with zero attached hydrogens (tertiary/aromatic N) is 6. The summed E-state index contributed by atoms with van der Waals surface area (Å²) in [6.07, 6.45) is 0.585. The van der Waals surface area contributed by atoms with Crippen LogP contribution in [0.5, 0.6) is 0 Å². The van der Waals surface area contributed by atoms with Gasteiger partial charge >= 0.3 is 0 Å². The topological polar surface area (TPSA) is 94.0 Å². The van der Waals surface area contributed by atoms with E-state index in [1.165, 1.54) is 0 Å². The summed E-state index contributed by atoms with van der Waals surface area (Å²) >= 11 is 5.88. The molecule has 9 heteroatoms. The predicted molar refractivity (Wildman–Crippen MR) is 92.5 cm³/mol. The lowest BCUT2D eigenvalue weighted by Gasteiger charge is -2.03. The van der Waals surface area contributed by atoms with Crippen molar-refractivity contribution in [1.82, 2.24) is 30.0 Å². The second kappa shape index (κ2) is 6.48. The van der Waals surface area contributed by atoms with Gasteiger partial charge in [0.15, 0.2) is 11.5 Å². The second-order valence-corrected chi connectivity index (χ2v) is 5.87. The fraction of sp³-hybridized carbons (Fsp3) is 0.188. The monoisotopic (exact) mass is 355 g/mol. The van der Waals surface area contributed by atoms with E-state index in [1.807, 2.05) is 31.2 Å². The molecule has 4 aromatic rings. The van der Waals surface area contributed by atoms with Crippen LogP contribution >= 0.6 is 11.6 Å². The molecule has 0 unspecified atom stereocenters. The largest absolute Gasteiger partial charge is 0.368 e. The van der Waals surface area contributed by atoms with Gasteiger partial charge in [0.2, 0.25) is 11.7 Å². The van der Waals surface area contributed by atoms with Gasteiger partial charge in [-0.05, 0) is 43.3 Å². The Bertz CT molecular complexity index is 1010. The lowest BCUT2D eigenvalue weighted by molar-refractivity contribution is 0.381. The molecule has 0 aliphatic carbocycles. The van der Waals surface area contributed by atoms with Crippen molar-refractivity contribution in [2.45, 2.75) is 13.3 Å². The first-order valence-corrected chi connectivity index (χ1v) is 8.08. The van der Waals surface area contributed by atoms with Crippen molar-refractivity contribution in [2.24, 2.45) is 0 Å². The highest BCUT2D eigenvalue weighted by Gasteiger charge is 2.09. The zero-order valence-electron chi connectivity index (χ0n) is 13.3. The molecule has 0 atom stereocenters. The van der Waals surface area contributed by atoms with Gasteiger partial charge < -0.3 is 9.84 Å². The molecule has 0 aliphatic heterocycles. The quantitative estimate of drug-likeness (QED) is 0.588. The summed E-state index contributed by atoms with van der Waals surface area (Å²) in [6, 6.07) is 11.0. The Labute approximate surface area is 147 Å². The first kappa shape index (κ1) is 15.5. The van der Waals surface area contributed by atoms with Gasteiger partial charge in [-0.2, -0.15) is 9.50 Å². The summed E-state index contributed by atoms with van der Waals surface area (Å²) in [4.78, 5) is 4.39. The number of rotatable bonds is 5. The van der Waals surface area contributed by atoms with Gasteiger partial charge in [-0.25, -0.2) is 0 Å². The van der Waals surface area contributed by atoms with Gasteiger partial charge in [0.05, 0.1) is 0 Å². The minimum atomic E-state index is 0.548. The van der Waals surface area contributed by atoms with Crippen LogP contribution in [0.3, 0.4) is 0 Å². The fourth-order valence-electron chi connectivity index (χ4n) is 2.36. The van der Waals surface area contributed by atoms with E-state index in [4.69, 9.17) is 16.1 Å². The molecule has 1 N–H and O–H groups in total. The van der Waals surface area contributed by atoms with Crippen molar-refractivity contribution in [1.29, 1.82) is 0 Å². The highest BCUT2D eigenvalue weighted by Crippen LogP contribution is 2.18. The van der Waals surface area contributed by atoms with Crippen molar-refractivity contribution in [2.75, 3.05) is 11.9 Å². The Kier molecular flexibility index (Phi) is 4.02. The SMILES string of the molecule is Cc1nnc2ccc(NCCc3nc(-c4ccc(Cl)cc4)no3)nn12. The van der Waals surface area contributed by atoms with Crippen LogP contribution in [0.2, 0.25) is 5.02 Å². The molecule has 8 nitrogen and oxygen atoms in total. The summed E-state index contributed by atoms with van der Waals surface area (Å²) in [6.45, 7) is 2.47.